The molecule has 1 aromatic carbocycles. The molecule has 0 bridgehead atoms. The number of sulfonamides is 1. The zero-order chi connectivity index (χ0) is 17.5. The van der Waals surface area contributed by atoms with Crippen LogP contribution < -0.4 is 5.32 Å². The fraction of sp³-hybridized carbons (Fsp3) is 0.375. The van der Waals surface area contributed by atoms with Crippen molar-refractivity contribution < 1.29 is 13.2 Å². The standard InChI is InChI=1S/C16H20N4O3S/c1-11-15(12(2)19(3)18-11)24(22,23)20-10-9-17-16(21)14(20)13-7-5-4-6-8-13/h4-8,14H,9-10H2,1-3H3,(H,17,21)/t14-/m0/s1. The minimum atomic E-state index is -3.84. The van der Waals surface area contributed by atoms with Crippen LogP contribution in [-0.2, 0) is 21.9 Å². The first-order valence-corrected chi connectivity index (χ1v) is 9.12. The Kier molecular flexibility index (Phi) is 4.18. The van der Waals surface area contributed by atoms with E-state index in [4.69, 9.17) is 0 Å². The third-order valence-corrected chi connectivity index (χ3v) is 6.41. The Morgan fingerprint density at radius 2 is 1.88 bits per heavy atom. The SMILES string of the molecule is Cc1nn(C)c(C)c1S(=O)(=O)N1CCNC(=O)[C@@H]1c1ccccc1. The van der Waals surface area contributed by atoms with Crippen molar-refractivity contribution in [3.8, 4) is 0 Å². The van der Waals surface area contributed by atoms with Crippen molar-refractivity contribution in [2.45, 2.75) is 24.8 Å². The second-order valence-electron chi connectivity index (χ2n) is 5.84. The van der Waals surface area contributed by atoms with Gasteiger partial charge in [-0.15, -0.1) is 0 Å². The summed E-state index contributed by atoms with van der Waals surface area (Å²) in [5.74, 6) is -0.310. The number of aromatic nitrogens is 2. The molecule has 1 atom stereocenters. The Labute approximate surface area is 141 Å². The third-order valence-electron chi connectivity index (χ3n) is 4.29. The number of nitrogens with zero attached hydrogens (tertiary/aromatic N) is 3. The van der Waals surface area contributed by atoms with E-state index in [1.165, 1.54) is 4.31 Å². The molecule has 1 saturated heterocycles. The minimum Gasteiger partial charge on any atom is -0.353 e. The molecule has 1 aliphatic rings. The van der Waals surface area contributed by atoms with Crippen LogP contribution in [-0.4, -0.2) is 41.5 Å². The summed E-state index contributed by atoms with van der Waals surface area (Å²) in [7, 11) is -2.14. The Morgan fingerprint density at radius 1 is 1.21 bits per heavy atom. The van der Waals surface area contributed by atoms with Crippen LogP contribution in [0, 0.1) is 13.8 Å². The van der Waals surface area contributed by atoms with Gasteiger partial charge in [0.2, 0.25) is 15.9 Å². The zero-order valence-corrected chi connectivity index (χ0v) is 14.7. The first kappa shape index (κ1) is 16.7. The molecule has 1 N–H and O–H groups in total. The summed E-state index contributed by atoms with van der Waals surface area (Å²) in [4.78, 5) is 12.6. The average Bonchev–Trinajstić information content (AvgIpc) is 2.81. The average molecular weight is 348 g/mol. The van der Waals surface area contributed by atoms with Gasteiger partial charge in [-0.3, -0.25) is 9.48 Å². The fourth-order valence-electron chi connectivity index (χ4n) is 3.10. The highest BCUT2D eigenvalue weighted by Gasteiger charge is 2.41. The number of rotatable bonds is 3. The molecule has 0 spiro atoms. The highest BCUT2D eigenvalue weighted by molar-refractivity contribution is 7.89. The molecule has 1 amide bonds. The highest BCUT2D eigenvalue weighted by atomic mass is 32.2. The Bertz CT molecular complexity index is 874. The maximum absolute atomic E-state index is 13.3. The lowest BCUT2D eigenvalue weighted by Gasteiger charge is -2.34. The predicted molar refractivity (Wildman–Crippen MR) is 88.8 cm³/mol. The van der Waals surface area contributed by atoms with E-state index in [9.17, 15) is 13.2 Å². The minimum absolute atomic E-state index is 0.181. The summed E-state index contributed by atoms with van der Waals surface area (Å²) in [6.07, 6.45) is 0. The van der Waals surface area contributed by atoms with Crippen LogP contribution in [0.5, 0.6) is 0 Å². The summed E-state index contributed by atoms with van der Waals surface area (Å²) in [5.41, 5.74) is 1.65. The molecular weight excluding hydrogens is 328 g/mol. The number of aryl methyl sites for hydroxylation is 2. The first-order chi connectivity index (χ1) is 11.3. The van der Waals surface area contributed by atoms with E-state index in [0.29, 0.717) is 23.5 Å². The van der Waals surface area contributed by atoms with Crippen molar-refractivity contribution in [2.75, 3.05) is 13.1 Å². The van der Waals surface area contributed by atoms with Gasteiger partial charge in [-0.1, -0.05) is 30.3 Å². The number of nitrogens with one attached hydrogen (secondary N) is 1. The molecule has 0 aliphatic carbocycles. The molecule has 128 valence electrons. The number of benzene rings is 1. The molecule has 2 heterocycles. The molecule has 24 heavy (non-hydrogen) atoms. The maximum atomic E-state index is 13.3. The van der Waals surface area contributed by atoms with Crippen LogP contribution in [0.15, 0.2) is 35.2 Å². The number of hydrogen-bond donors (Lipinski definition) is 1. The molecule has 0 unspecified atom stereocenters. The molecule has 1 aromatic heterocycles. The van der Waals surface area contributed by atoms with Gasteiger partial charge in [0.1, 0.15) is 10.9 Å². The quantitative estimate of drug-likeness (QED) is 0.893. The molecular formula is C16H20N4O3S. The highest BCUT2D eigenvalue weighted by Crippen LogP contribution is 2.32. The van der Waals surface area contributed by atoms with E-state index in [-0.39, 0.29) is 17.3 Å². The number of amides is 1. The topological polar surface area (TPSA) is 84.3 Å². The van der Waals surface area contributed by atoms with E-state index >= 15 is 0 Å². The monoisotopic (exact) mass is 348 g/mol. The van der Waals surface area contributed by atoms with Gasteiger partial charge in [-0.05, 0) is 19.4 Å². The van der Waals surface area contributed by atoms with Crippen LogP contribution in [0.4, 0.5) is 0 Å². The lowest BCUT2D eigenvalue weighted by Crippen LogP contribution is -2.52. The summed E-state index contributed by atoms with van der Waals surface area (Å²) in [5, 5.41) is 6.95. The van der Waals surface area contributed by atoms with Crippen molar-refractivity contribution in [1.29, 1.82) is 0 Å². The molecule has 1 fully saturated rings. The lowest BCUT2D eigenvalue weighted by atomic mass is 10.1. The first-order valence-electron chi connectivity index (χ1n) is 7.68. The molecule has 2 aromatic rings. The van der Waals surface area contributed by atoms with Gasteiger partial charge >= 0.3 is 0 Å². The van der Waals surface area contributed by atoms with Crippen molar-refractivity contribution >= 4 is 15.9 Å². The third kappa shape index (κ3) is 2.61. The molecule has 7 nitrogen and oxygen atoms in total. The number of hydrogen-bond acceptors (Lipinski definition) is 4. The van der Waals surface area contributed by atoms with Gasteiger partial charge in [0.15, 0.2) is 0 Å². The lowest BCUT2D eigenvalue weighted by molar-refractivity contribution is -0.126. The van der Waals surface area contributed by atoms with E-state index in [0.717, 1.165) is 0 Å². The molecule has 8 heteroatoms. The van der Waals surface area contributed by atoms with Crippen LogP contribution in [0.2, 0.25) is 0 Å². The van der Waals surface area contributed by atoms with Gasteiger partial charge in [-0.2, -0.15) is 9.40 Å². The summed E-state index contributed by atoms with van der Waals surface area (Å²) in [6.45, 7) is 3.90. The van der Waals surface area contributed by atoms with E-state index in [1.807, 2.05) is 6.07 Å². The van der Waals surface area contributed by atoms with Crippen molar-refractivity contribution in [2.24, 2.45) is 7.05 Å². The van der Waals surface area contributed by atoms with E-state index in [2.05, 4.69) is 10.4 Å². The van der Waals surface area contributed by atoms with Crippen molar-refractivity contribution in [3.63, 3.8) is 0 Å². The maximum Gasteiger partial charge on any atom is 0.247 e. The number of carbonyl (C=O) groups is 1. The molecule has 0 radical (unpaired) electrons. The van der Waals surface area contributed by atoms with E-state index < -0.39 is 16.1 Å². The van der Waals surface area contributed by atoms with Crippen LogP contribution >= 0.6 is 0 Å². The fourth-order valence-corrected chi connectivity index (χ4v) is 5.08. The Balaban J connectivity index is 2.12. The van der Waals surface area contributed by atoms with E-state index in [1.54, 1.807) is 49.8 Å². The molecule has 3 rings (SSSR count). The molecule has 1 aliphatic heterocycles. The smallest absolute Gasteiger partial charge is 0.247 e. The molecule has 0 saturated carbocycles. The number of piperazine rings is 1. The Hall–Kier alpha value is -2.19. The second-order valence-corrected chi connectivity index (χ2v) is 7.67. The largest absolute Gasteiger partial charge is 0.353 e. The summed E-state index contributed by atoms with van der Waals surface area (Å²) < 4.78 is 29.3. The van der Waals surface area contributed by atoms with Crippen LogP contribution in [0.25, 0.3) is 0 Å². The van der Waals surface area contributed by atoms with Crippen LogP contribution in [0.1, 0.15) is 23.0 Å². The zero-order valence-electron chi connectivity index (χ0n) is 13.9. The Morgan fingerprint density at radius 3 is 2.46 bits per heavy atom. The summed E-state index contributed by atoms with van der Waals surface area (Å²) >= 11 is 0. The summed E-state index contributed by atoms with van der Waals surface area (Å²) in [6, 6.07) is 8.08. The van der Waals surface area contributed by atoms with Gasteiger partial charge < -0.3 is 5.32 Å². The van der Waals surface area contributed by atoms with Gasteiger partial charge in [0, 0.05) is 20.1 Å². The van der Waals surface area contributed by atoms with Crippen LogP contribution in [0.3, 0.4) is 0 Å². The van der Waals surface area contributed by atoms with Crippen molar-refractivity contribution in [1.82, 2.24) is 19.4 Å². The van der Waals surface area contributed by atoms with Gasteiger partial charge in [0.25, 0.3) is 0 Å². The normalized spacial score (nSPS) is 19.3. The van der Waals surface area contributed by atoms with Crippen molar-refractivity contribution in [3.05, 3.63) is 47.3 Å². The van der Waals surface area contributed by atoms with Gasteiger partial charge in [0.05, 0.1) is 11.4 Å². The number of carbonyl (C=O) groups excluding carboxylic acids is 1. The second kappa shape index (κ2) is 6.03. The predicted octanol–water partition coefficient (Wildman–Crippen LogP) is 0.899. The van der Waals surface area contributed by atoms with Gasteiger partial charge in [-0.25, -0.2) is 8.42 Å².